The second-order valence-electron chi connectivity index (χ2n) is 5.45. The first-order valence-corrected chi connectivity index (χ1v) is 8.01. The van der Waals surface area contributed by atoms with Crippen molar-refractivity contribution in [2.24, 2.45) is 0 Å². The van der Waals surface area contributed by atoms with Crippen molar-refractivity contribution in [3.8, 4) is 0 Å². The van der Waals surface area contributed by atoms with Gasteiger partial charge in [-0.05, 0) is 58.3 Å². The van der Waals surface area contributed by atoms with Crippen LogP contribution in [0, 0.1) is 13.8 Å². The molecule has 2 nitrogen and oxygen atoms in total. The molecule has 2 rings (SSSR count). The van der Waals surface area contributed by atoms with Crippen LogP contribution in [-0.2, 0) is 0 Å². The lowest BCUT2D eigenvalue weighted by Gasteiger charge is -2.27. The van der Waals surface area contributed by atoms with Crippen LogP contribution >= 0.6 is 11.3 Å². The lowest BCUT2D eigenvalue weighted by Crippen LogP contribution is -2.36. The third-order valence-corrected chi connectivity index (χ3v) is 4.85. The molecule has 2 heterocycles. The normalized spacial score (nSPS) is 19.1. The molecular formula is C15H26N2S. The molecule has 1 fully saturated rings. The molecule has 1 aromatic rings. The molecule has 1 atom stereocenters. The number of thiophene rings is 1. The summed E-state index contributed by atoms with van der Waals surface area (Å²) in [5.74, 6) is 0. The van der Waals surface area contributed by atoms with Gasteiger partial charge in [-0.1, -0.05) is 6.42 Å². The molecule has 1 N–H and O–H groups in total. The van der Waals surface area contributed by atoms with Crippen molar-refractivity contribution >= 4 is 11.3 Å². The van der Waals surface area contributed by atoms with Crippen molar-refractivity contribution in [1.29, 1.82) is 0 Å². The third kappa shape index (κ3) is 3.81. The Morgan fingerprint density at radius 1 is 1.28 bits per heavy atom. The fourth-order valence-corrected chi connectivity index (χ4v) is 3.83. The van der Waals surface area contributed by atoms with Crippen LogP contribution in [0.25, 0.3) is 0 Å². The van der Waals surface area contributed by atoms with Gasteiger partial charge in [-0.15, -0.1) is 11.3 Å². The van der Waals surface area contributed by atoms with E-state index in [2.05, 4.69) is 37.1 Å². The summed E-state index contributed by atoms with van der Waals surface area (Å²) in [6.45, 7) is 11.6. The Hall–Kier alpha value is -0.380. The third-order valence-electron chi connectivity index (χ3n) is 3.87. The van der Waals surface area contributed by atoms with E-state index >= 15 is 0 Å². The van der Waals surface area contributed by atoms with Crippen molar-refractivity contribution in [2.45, 2.75) is 46.1 Å². The molecule has 0 radical (unpaired) electrons. The lowest BCUT2D eigenvalue weighted by molar-refractivity contribution is 0.227. The minimum atomic E-state index is 0.486. The van der Waals surface area contributed by atoms with Crippen LogP contribution < -0.4 is 5.32 Å². The quantitative estimate of drug-likeness (QED) is 0.877. The van der Waals surface area contributed by atoms with Gasteiger partial charge in [-0.3, -0.25) is 0 Å². The van der Waals surface area contributed by atoms with Gasteiger partial charge in [-0.25, -0.2) is 0 Å². The lowest BCUT2D eigenvalue weighted by atomic mass is 10.1. The van der Waals surface area contributed by atoms with Crippen LogP contribution in [-0.4, -0.2) is 31.1 Å². The van der Waals surface area contributed by atoms with E-state index in [1.807, 2.05) is 11.3 Å². The highest BCUT2D eigenvalue weighted by Crippen LogP contribution is 2.25. The molecule has 0 amide bonds. The summed E-state index contributed by atoms with van der Waals surface area (Å²) in [5.41, 5.74) is 1.48. The molecule has 0 aliphatic carbocycles. The molecule has 1 aromatic heterocycles. The van der Waals surface area contributed by atoms with Crippen LogP contribution in [0.5, 0.6) is 0 Å². The second kappa shape index (κ2) is 6.69. The molecule has 1 aliphatic rings. The highest BCUT2D eigenvalue weighted by atomic mass is 32.1. The van der Waals surface area contributed by atoms with Crippen molar-refractivity contribution < 1.29 is 0 Å². The fourth-order valence-electron chi connectivity index (χ4n) is 2.81. The van der Waals surface area contributed by atoms with Gasteiger partial charge in [-0.2, -0.15) is 0 Å². The van der Waals surface area contributed by atoms with Crippen molar-refractivity contribution in [3.05, 3.63) is 21.4 Å². The zero-order valence-electron chi connectivity index (χ0n) is 12.0. The molecule has 0 saturated carbocycles. The highest BCUT2D eigenvalue weighted by Gasteiger charge is 2.12. The van der Waals surface area contributed by atoms with E-state index in [9.17, 15) is 0 Å². The van der Waals surface area contributed by atoms with Gasteiger partial charge < -0.3 is 10.2 Å². The molecule has 1 unspecified atom stereocenters. The van der Waals surface area contributed by atoms with E-state index in [0.29, 0.717) is 6.04 Å². The minimum absolute atomic E-state index is 0.486. The van der Waals surface area contributed by atoms with Gasteiger partial charge in [0, 0.05) is 28.9 Å². The zero-order valence-corrected chi connectivity index (χ0v) is 12.8. The second-order valence-corrected chi connectivity index (χ2v) is 6.91. The number of nitrogens with one attached hydrogen (secondary N) is 1. The van der Waals surface area contributed by atoms with Gasteiger partial charge in [0.15, 0.2) is 0 Å². The van der Waals surface area contributed by atoms with Gasteiger partial charge in [0.05, 0.1) is 0 Å². The van der Waals surface area contributed by atoms with Gasteiger partial charge in [0.25, 0.3) is 0 Å². The van der Waals surface area contributed by atoms with E-state index in [1.165, 1.54) is 54.2 Å². The van der Waals surface area contributed by atoms with Crippen LogP contribution in [0.1, 0.15) is 47.5 Å². The first-order chi connectivity index (χ1) is 8.66. The maximum absolute atomic E-state index is 3.67. The summed E-state index contributed by atoms with van der Waals surface area (Å²) in [6, 6.07) is 2.82. The Balaban J connectivity index is 1.74. The monoisotopic (exact) mass is 266 g/mol. The number of likely N-dealkylation sites (tertiary alicyclic amines) is 1. The number of rotatable bonds is 5. The Kier molecular flexibility index (Phi) is 5.22. The summed E-state index contributed by atoms with van der Waals surface area (Å²) in [5, 5.41) is 3.67. The smallest absolute Gasteiger partial charge is 0.0303 e. The van der Waals surface area contributed by atoms with Crippen molar-refractivity contribution in [1.82, 2.24) is 10.2 Å². The van der Waals surface area contributed by atoms with Crippen molar-refractivity contribution in [2.75, 3.05) is 26.2 Å². The van der Waals surface area contributed by atoms with Crippen LogP contribution in [0.3, 0.4) is 0 Å². The van der Waals surface area contributed by atoms with E-state index in [4.69, 9.17) is 0 Å². The van der Waals surface area contributed by atoms with E-state index in [0.717, 1.165) is 6.54 Å². The van der Waals surface area contributed by atoms with E-state index < -0.39 is 0 Å². The molecular weight excluding hydrogens is 240 g/mol. The minimum Gasteiger partial charge on any atom is -0.309 e. The highest BCUT2D eigenvalue weighted by molar-refractivity contribution is 7.12. The number of piperidine rings is 1. The molecule has 0 spiro atoms. The molecule has 18 heavy (non-hydrogen) atoms. The summed E-state index contributed by atoms with van der Waals surface area (Å²) < 4.78 is 0. The zero-order chi connectivity index (χ0) is 13.0. The number of nitrogens with zero attached hydrogens (tertiary/aromatic N) is 1. The van der Waals surface area contributed by atoms with Gasteiger partial charge in [0.2, 0.25) is 0 Å². The predicted octanol–water partition coefficient (Wildman–Crippen LogP) is 3.50. The number of aryl methyl sites for hydroxylation is 2. The SMILES string of the molecule is Cc1cc(C(C)NCCN2CCCCC2)c(C)s1. The number of hydrogen-bond donors (Lipinski definition) is 1. The topological polar surface area (TPSA) is 15.3 Å². The maximum atomic E-state index is 3.67. The molecule has 1 saturated heterocycles. The summed E-state index contributed by atoms with van der Waals surface area (Å²) >= 11 is 1.91. The van der Waals surface area contributed by atoms with Gasteiger partial charge in [0.1, 0.15) is 0 Å². The molecule has 0 bridgehead atoms. The predicted molar refractivity (Wildman–Crippen MR) is 80.5 cm³/mol. The Morgan fingerprint density at radius 2 is 2.00 bits per heavy atom. The Morgan fingerprint density at radius 3 is 2.61 bits per heavy atom. The Bertz CT molecular complexity index is 367. The van der Waals surface area contributed by atoms with Crippen LogP contribution in [0.2, 0.25) is 0 Å². The number of hydrogen-bond acceptors (Lipinski definition) is 3. The largest absolute Gasteiger partial charge is 0.309 e. The van der Waals surface area contributed by atoms with Gasteiger partial charge >= 0.3 is 0 Å². The summed E-state index contributed by atoms with van der Waals surface area (Å²) in [4.78, 5) is 5.48. The van der Waals surface area contributed by atoms with E-state index in [1.54, 1.807) is 0 Å². The fraction of sp³-hybridized carbons (Fsp3) is 0.733. The molecule has 3 heteroatoms. The average molecular weight is 266 g/mol. The average Bonchev–Trinajstić information content (AvgIpc) is 2.70. The summed E-state index contributed by atoms with van der Waals surface area (Å²) in [6.07, 6.45) is 4.20. The molecule has 0 aromatic carbocycles. The molecule has 1 aliphatic heterocycles. The standard InChI is InChI=1S/C15H26N2S/c1-12-11-15(14(3)18-12)13(2)16-7-10-17-8-5-4-6-9-17/h11,13,16H,4-10H2,1-3H3. The first kappa shape index (κ1) is 14.0. The Labute approximate surface area is 115 Å². The van der Waals surface area contributed by atoms with E-state index in [-0.39, 0.29) is 0 Å². The van der Waals surface area contributed by atoms with Crippen LogP contribution in [0.4, 0.5) is 0 Å². The maximum Gasteiger partial charge on any atom is 0.0303 e. The van der Waals surface area contributed by atoms with Crippen molar-refractivity contribution in [3.63, 3.8) is 0 Å². The molecule has 102 valence electrons. The first-order valence-electron chi connectivity index (χ1n) is 7.19. The summed E-state index contributed by atoms with van der Waals surface area (Å²) in [7, 11) is 0. The van der Waals surface area contributed by atoms with Crippen LogP contribution in [0.15, 0.2) is 6.07 Å².